The number of aliphatic hydroxyl groups is 2. The molecular formula is C13H26O4. The quantitative estimate of drug-likeness (QED) is 0.457. The molecule has 0 unspecified atom stereocenters. The van der Waals surface area contributed by atoms with E-state index in [9.17, 15) is 9.90 Å². The largest absolute Gasteiger partial charge is 0.469 e. The Morgan fingerprint density at radius 2 is 1.59 bits per heavy atom. The van der Waals surface area contributed by atoms with Crippen LogP contribution in [0, 0.1) is 0 Å². The molecule has 0 rings (SSSR count). The van der Waals surface area contributed by atoms with Gasteiger partial charge in [-0.15, -0.1) is 0 Å². The van der Waals surface area contributed by atoms with Crippen molar-refractivity contribution in [3.8, 4) is 0 Å². The second-order valence-corrected chi connectivity index (χ2v) is 4.63. The predicted octanol–water partition coefficient (Wildman–Crippen LogP) is 2.02. The summed E-state index contributed by atoms with van der Waals surface area (Å²) in [6.45, 7) is 1.81. The first-order valence-electron chi connectivity index (χ1n) is 6.49. The number of carbonyl (C=O) groups excluding carboxylic acids is 1. The van der Waals surface area contributed by atoms with Crippen LogP contribution in [-0.2, 0) is 9.53 Å². The lowest BCUT2D eigenvalue weighted by atomic mass is 10.0. The normalized spacial score (nSPS) is 14.4. The Bertz CT molecular complexity index is 192. The summed E-state index contributed by atoms with van der Waals surface area (Å²) >= 11 is 0. The lowest BCUT2D eigenvalue weighted by Crippen LogP contribution is -2.14. The third kappa shape index (κ3) is 11.6. The molecule has 0 aliphatic rings. The highest BCUT2D eigenvalue weighted by Crippen LogP contribution is 2.11. The molecule has 0 radical (unpaired) electrons. The minimum atomic E-state index is -0.570. The second-order valence-electron chi connectivity index (χ2n) is 4.63. The van der Waals surface area contributed by atoms with Gasteiger partial charge in [-0.2, -0.15) is 0 Å². The van der Waals surface area contributed by atoms with Crippen LogP contribution in [0.1, 0.15) is 58.3 Å². The van der Waals surface area contributed by atoms with Gasteiger partial charge in [0.15, 0.2) is 0 Å². The van der Waals surface area contributed by atoms with Gasteiger partial charge in [-0.05, 0) is 19.8 Å². The zero-order valence-corrected chi connectivity index (χ0v) is 11.0. The Morgan fingerprint density at radius 3 is 2.12 bits per heavy atom. The summed E-state index contributed by atoms with van der Waals surface area (Å²) in [5, 5.41) is 18.6. The molecule has 0 aliphatic carbocycles. The van der Waals surface area contributed by atoms with E-state index in [1.165, 1.54) is 7.11 Å². The van der Waals surface area contributed by atoms with E-state index in [-0.39, 0.29) is 18.5 Å². The van der Waals surface area contributed by atoms with Crippen LogP contribution in [-0.4, -0.2) is 35.5 Å². The fourth-order valence-corrected chi connectivity index (χ4v) is 1.73. The van der Waals surface area contributed by atoms with E-state index >= 15 is 0 Å². The van der Waals surface area contributed by atoms with Crippen LogP contribution in [0.15, 0.2) is 0 Å². The molecule has 102 valence electrons. The molecule has 0 aliphatic heterocycles. The standard InChI is InChI=1S/C13H26O4/c1-11(14)8-6-4-3-5-7-9-12(15)10-13(16)17-2/h11-12,14-15H,3-10H2,1-2H3/t11-,12-/m1/s1. The van der Waals surface area contributed by atoms with Crippen molar-refractivity contribution in [2.75, 3.05) is 7.11 Å². The number of ether oxygens (including phenoxy) is 1. The number of hydrogen-bond donors (Lipinski definition) is 2. The molecule has 0 aromatic heterocycles. The molecule has 0 amide bonds. The van der Waals surface area contributed by atoms with Crippen molar-refractivity contribution in [2.24, 2.45) is 0 Å². The highest BCUT2D eigenvalue weighted by atomic mass is 16.5. The van der Waals surface area contributed by atoms with Gasteiger partial charge in [-0.25, -0.2) is 0 Å². The summed E-state index contributed by atoms with van der Waals surface area (Å²) in [5.74, 6) is -0.352. The number of rotatable bonds is 10. The van der Waals surface area contributed by atoms with Gasteiger partial charge in [0.2, 0.25) is 0 Å². The third-order valence-electron chi connectivity index (χ3n) is 2.79. The van der Waals surface area contributed by atoms with Crippen LogP contribution in [0.4, 0.5) is 0 Å². The smallest absolute Gasteiger partial charge is 0.308 e. The number of methoxy groups -OCH3 is 1. The first-order valence-corrected chi connectivity index (χ1v) is 6.49. The van der Waals surface area contributed by atoms with Gasteiger partial charge in [0, 0.05) is 0 Å². The average molecular weight is 246 g/mol. The summed E-state index contributed by atoms with van der Waals surface area (Å²) in [6.07, 6.45) is 6.16. The van der Waals surface area contributed by atoms with Crippen molar-refractivity contribution in [1.29, 1.82) is 0 Å². The van der Waals surface area contributed by atoms with Gasteiger partial charge in [0.05, 0.1) is 25.7 Å². The Morgan fingerprint density at radius 1 is 1.06 bits per heavy atom. The molecule has 2 N–H and O–H groups in total. The Labute approximate surface area is 104 Å². The zero-order chi connectivity index (χ0) is 13.1. The molecule has 0 saturated heterocycles. The number of aliphatic hydroxyl groups excluding tert-OH is 2. The van der Waals surface area contributed by atoms with Crippen molar-refractivity contribution in [3.63, 3.8) is 0 Å². The van der Waals surface area contributed by atoms with Gasteiger partial charge in [0.1, 0.15) is 0 Å². The van der Waals surface area contributed by atoms with Crippen LogP contribution in [0.3, 0.4) is 0 Å². The van der Waals surface area contributed by atoms with E-state index in [1.54, 1.807) is 0 Å². The van der Waals surface area contributed by atoms with Gasteiger partial charge >= 0.3 is 5.97 Å². The molecule has 2 atom stereocenters. The molecule has 0 aromatic rings. The maximum absolute atomic E-state index is 10.9. The topological polar surface area (TPSA) is 66.8 Å². The summed E-state index contributed by atoms with van der Waals surface area (Å²) in [7, 11) is 1.33. The number of hydrogen-bond acceptors (Lipinski definition) is 4. The summed E-state index contributed by atoms with van der Waals surface area (Å²) < 4.78 is 4.48. The third-order valence-corrected chi connectivity index (χ3v) is 2.79. The Hall–Kier alpha value is -0.610. The molecular weight excluding hydrogens is 220 g/mol. The lowest BCUT2D eigenvalue weighted by molar-refractivity contribution is -0.142. The minimum Gasteiger partial charge on any atom is -0.469 e. The van der Waals surface area contributed by atoms with E-state index in [1.807, 2.05) is 6.92 Å². The molecule has 0 spiro atoms. The van der Waals surface area contributed by atoms with Crippen LogP contribution >= 0.6 is 0 Å². The van der Waals surface area contributed by atoms with E-state index in [0.29, 0.717) is 6.42 Å². The molecule has 4 heteroatoms. The van der Waals surface area contributed by atoms with Gasteiger partial charge in [-0.3, -0.25) is 4.79 Å². The first kappa shape index (κ1) is 16.4. The molecule has 17 heavy (non-hydrogen) atoms. The fourth-order valence-electron chi connectivity index (χ4n) is 1.73. The summed E-state index contributed by atoms with van der Waals surface area (Å²) in [6, 6.07) is 0. The molecule has 0 saturated carbocycles. The maximum atomic E-state index is 10.9. The van der Waals surface area contributed by atoms with E-state index in [4.69, 9.17) is 5.11 Å². The van der Waals surface area contributed by atoms with Crippen LogP contribution < -0.4 is 0 Å². The van der Waals surface area contributed by atoms with E-state index in [0.717, 1.165) is 38.5 Å². The van der Waals surface area contributed by atoms with Crippen LogP contribution in [0.25, 0.3) is 0 Å². The van der Waals surface area contributed by atoms with Crippen molar-refractivity contribution < 1.29 is 19.7 Å². The molecule has 0 aromatic carbocycles. The maximum Gasteiger partial charge on any atom is 0.308 e. The molecule has 0 bridgehead atoms. The molecule has 0 heterocycles. The second kappa shape index (κ2) is 10.5. The van der Waals surface area contributed by atoms with Crippen molar-refractivity contribution in [1.82, 2.24) is 0 Å². The Kier molecular flexibility index (Phi) is 10.2. The Balaban J connectivity index is 3.24. The van der Waals surface area contributed by atoms with Gasteiger partial charge < -0.3 is 14.9 Å². The average Bonchev–Trinajstić information content (AvgIpc) is 2.27. The number of carbonyl (C=O) groups is 1. The lowest BCUT2D eigenvalue weighted by Gasteiger charge is -2.08. The zero-order valence-electron chi connectivity index (χ0n) is 11.0. The van der Waals surface area contributed by atoms with Crippen molar-refractivity contribution in [3.05, 3.63) is 0 Å². The monoisotopic (exact) mass is 246 g/mol. The van der Waals surface area contributed by atoms with E-state index in [2.05, 4.69) is 4.74 Å². The van der Waals surface area contributed by atoms with Crippen LogP contribution in [0.5, 0.6) is 0 Å². The highest BCUT2D eigenvalue weighted by Gasteiger charge is 2.10. The SMILES string of the molecule is COC(=O)C[C@H](O)CCCCCCC[C@@H](C)O. The van der Waals surface area contributed by atoms with Crippen LogP contribution in [0.2, 0.25) is 0 Å². The minimum absolute atomic E-state index is 0.0958. The number of unbranched alkanes of at least 4 members (excludes halogenated alkanes) is 4. The summed E-state index contributed by atoms with van der Waals surface area (Å²) in [5.41, 5.74) is 0. The van der Waals surface area contributed by atoms with E-state index < -0.39 is 6.10 Å². The summed E-state index contributed by atoms with van der Waals surface area (Å²) in [4.78, 5) is 10.9. The van der Waals surface area contributed by atoms with Gasteiger partial charge in [0.25, 0.3) is 0 Å². The predicted molar refractivity (Wildman–Crippen MR) is 66.6 cm³/mol. The van der Waals surface area contributed by atoms with Crippen molar-refractivity contribution in [2.45, 2.75) is 70.5 Å². The first-order chi connectivity index (χ1) is 8.06. The fraction of sp³-hybridized carbons (Fsp3) is 0.923. The van der Waals surface area contributed by atoms with Gasteiger partial charge in [-0.1, -0.05) is 32.1 Å². The molecule has 4 nitrogen and oxygen atoms in total. The number of esters is 1. The van der Waals surface area contributed by atoms with Crippen molar-refractivity contribution >= 4 is 5.97 Å². The highest BCUT2D eigenvalue weighted by molar-refractivity contribution is 5.69. The molecule has 0 fully saturated rings.